The van der Waals surface area contributed by atoms with Gasteiger partial charge in [-0.15, -0.1) is 0 Å². The first kappa shape index (κ1) is 16.8. The maximum Gasteiger partial charge on any atom is 0.248 e. The number of hydrogen-bond donors (Lipinski definition) is 1. The Kier molecular flexibility index (Phi) is 4.70. The molecular formula is C17H20Cl2N2O2. The van der Waals surface area contributed by atoms with Gasteiger partial charge in [0.05, 0.1) is 10.0 Å². The lowest BCUT2D eigenvalue weighted by molar-refractivity contribution is -0.133. The number of rotatable bonds is 3. The molecule has 0 saturated heterocycles. The lowest BCUT2D eigenvalue weighted by atomic mass is 9.96. The summed E-state index contributed by atoms with van der Waals surface area (Å²) < 4.78 is 0. The first-order chi connectivity index (χ1) is 10.9. The van der Waals surface area contributed by atoms with Crippen LogP contribution in [0.15, 0.2) is 11.6 Å². The third kappa shape index (κ3) is 3.01. The third-order valence-corrected chi connectivity index (χ3v) is 5.35. The van der Waals surface area contributed by atoms with E-state index in [0.29, 0.717) is 23.1 Å². The van der Waals surface area contributed by atoms with Gasteiger partial charge in [-0.2, -0.15) is 0 Å². The number of carbonyl (C=O) groups excluding carboxylic acids is 1. The number of fused-ring (bicyclic) bond motifs is 2. The van der Waals surface area contributed by atoms with Crippen LogP contribution in [0.2, 0.25) is 10.0 Å². The number of hydrogen-bond acceptors (Lipinski definition) is 3. The second-order valence-corrected chi connectivity index (χ2v) is 7.19. The minimum absolute atomic E-state index is 0.223. The van der Waals surface area contributed by atoms with E-state index in [1.54, 1.807) is 4.90 Å². The zero-order chi connectivity index (χ0) is 16.7. The van der Waals surface area contributed by atoms with Gasteiger partial charge in [0.15, 0.2) is 0 Å². The predicted octanol–water partition coefficient (Wildman–Crippen LogP) is 2.59. The van der Waals surface area contributed by atoms with Crippen LogP contribution in [0.3, 0.4) is 0 Å². The number of amides is 1. The number of halogens is 2. The van der Waals surface area contributed by atoms with Gasteiger partial charge in [-0.05, 0) is 55.3 Å². The summed E-state index contributed by atoms with van der Waals surface area (Å²) in [5.41, 5.74) is 5.90. The second-order valence-electron chi connectivity index (χ2n) is 6.41. The molecule has 3 rings (SSSR count). The lowest BCUT2D eigenvalue weighted by Gasteiger charge is -2.29. The molecule has 0 fully saturated rings. The zero-order valence-corrected chi connectivity index (χ0v) is 14.8. The Morgan fingerprint density at radius 3 is 2.78 bits per heavy atom. The van der Waals surface area contributed by atoms with Crippen LogP contribution in [0.4, 0.5) is 0 Å². The van der Waals surface area contributed by atoms with Gasteiger partial charge >= 0.3 is 0 Å². The van der Waals surface area contributed by atoms with Gasteiger partial charge in [-0.1, -0.05) is 28.8 Å². The van der Waals surface area contributed by atoms with E-state index in [4.69, 9.17) is 28.3 Å². The van der Waals surface area contributed by atoms with Gasteiger partial charge in [-0.3, -0.25) is 4.79 Å². The number of aliphatic hydroxyl groups excluding tert-OH is 1. The first-order valence-electron chi connectivity index (χ1n) is 7.66. The Morgan fingerprint density at radius 1 is 1.39 bits per heavy atom. The van der Waals surface area contributed by atoms with E-state index in [2.05, 4.69) is 4.90 Å². The molecule has 0 unspecified atom stereocenters. The van der Waals surface area contributed by atoms with Crippen LogP contribution in [0.25, 0.3) is 5.57 Å². The van der Waals surface area contributed by atoms with Crippen LogP contribution in [-0.2, 0) is 17.8 Å². The molecule has 23 heavy (non-hydrogen) atoms. The Morgan fingerprint density at radius 2 is 2.13 bits per heavy atom. The molecule has 124 valence electrons. The van der Waals surface area contributed by atoms with Crippen molar-refractivity contribution < 1.29 is 9.90 Å². The van der Waals surface area contributed by atoms with Crippen LogP contribution in [-0.4, -0.2) is 54.6 Å². The van der Waals surface area contributed by atoms with Gasteiger partial charge in [0.1, 0.15) is 6.61 Å². The highest BCUT2D eigenvalue weighted by molar-refractivity contribution is 6.42. The van der Waals surface area contributed by atoms with E-state index in [1.807, 2.05) is 20.2 Å². The molecular weight excluding hydrogens is 335 g/mol. The highest BCUT2D eigenvalue weighted by Crippen LogP contribution is 2.45. The molecule has 1 N–H and O–H groups in total. The summed E-state index contributed by atoms with van der Waals surface area (Å²) in [6.07, 6.45) is 1.64. The van der Waals surface area contributed by atoms with E-state index in [1.165, 1.54) is 11.1 Å². The molecule has 1 heterocycles. The van der Waals surface area contributed by atoms with Crippen molar-refractivity contribution in [2.75, 3.05) is 33.8 Å². The van der Waals surface area contributed by atoms with Gasteiger partial charge in [-0.25, -0.2) is 0 Å². The molecule has 0 saturated carbocycles. The second kappa shape index (κ2) is 6.44. The predicted molar refractivity (Wildman–Crippen MR) is 92.8 cm³/mol. The van der Waals surface area contributed by atoms with E-state index in [0.717, 1.165) is 36.1 Å². The van der Waals surface area contributed by atoms with E-state index in [9.17, 15) is 4.79 Å². The van der Waals surface area contributed by atoms with Crippen molar-refractivity contribution in [2.45, 2.75) is 19.4 Å². The summed E-state index contributed by atoms with van der Waals surface area (Å²) in [7, 11) is 4.03. The molecule has 0 radical (unpaired) electrons. The summed E-state index contributed by atoms with van der Waals surface area (Å²) in [4.78, 5) is 15.7. The maximum absolute atomic E-state index is 11.8. The number of benzene rings is 1. The topological polar surface area (TPSA) is 43.8 Å². The fraction of sp³-hybridized carbons (Fsp3) is 0.471. The van der Waals surface area contributed by atoms with Gasteiger partial charge in [0, 0.05) is 19.6 Å². The summed E-state index contributed by atoms with van der Waals surface area (Å²) >= 11 is 12.8. The molecule has 1 aromatic carbocycles. The average molecular weight is 355 g/mol. The van der Waals surface area contributed by atoms with Crippen molar-refractivity contribution in [3.05, 3.63) is 38.4 Å². The fourth-order valence-corrected chi connectivity index (χ4v) is 3.98. The summed E-state index contributed by atoms with van der Waals surface area (Å²) in [5, 5.41) is 10.3. The molecule has 2 aliphatic rings. The van der Waals surface area contributed by atoms with Crippen LogP contribution in [0, 0.1) is 0 Å². The molecule has 1 amide bonds. The minimum atomic E-state index is -0.443. The van der Waals surface area contributed by atoms with Gasteiger partial charge in [0.2, 0.25) is 5.91 Å². The number of carbonyl (C=O) groups is 1. The number of aliphatic hydroxyl groups is 1. The Balaban J connectivity index is 2.05. The molecule has 1 aliphatic heterocycles. The van der Waals surface area contributed by atoms with Crippen LogP contribution in [0.1, 0.15) is 23.1 Å². The molecule has 4 nitrogen and oxygen atoms in total. The normalized spacial score (nSPS) is 16.9. The minimum Gasteiger partial charge on any atom is -0.387 e. The largest absolute Gasteiger partial charge is 0.387 e. The molecule has 0 spiro atoms. The van der Waals surface area contributed by atoms with Crippen molar-refractivity contribution in [3.8, 4) is 0 Å². The Hall–Kier alpha value is -1.07. The fourth-order valence-electron chi connectivity index (χ4n) is 3.52. The average Bonchev–Trinajstić information content (AvgIpc) is 2.90. The Labute approximate surface area is 146 Å². The highest BCUT2D eigenvalue weighted by atomic mass is 35.5. The van der Waals surface area contributed by atoms with Crippen molar-refractivity contribution in [3.63, 3.8) is 0 Å². The smallest absolute Gasteiger partial charge is 0.248 e. The van der Waals surface area contributed by atoms with Crippen molar-refractivity contribution in [2.24, 2.45) is 0 Å². The van der Waals surface area contributed by atoms with E-state index < -0.39 is 6.61 Å². The lowest BCUT2D eigenvalue weighted by Crippen LogP contribution is -2.38. The van der Waals surface area contributed by atoms with E-state index in [-0.39, 0.29) is 5.91 Å². The van der Waals surface area contributed by atoms with Crippen molar-refractivity contribution in [1.82, 2.24) is 9.80 Å². The van der Waals surface area contributed by atoms with Gasteiger partial charge < -0.3 is 14.9 Å². The highest BCUT2D eigenvalue weighted by Gasteiger charge is 2.32. The standard InChI is InChI=1S/C17H20Cl2N2O2/c1-20(2)7-11-6-14(18)17(19)12-5-10-3-4-21(15(23)9-22)8-13(10)16(11)12/h6,22H,3-5,7-9H2,1-2H3. The van der Waals surface area contributed by atoms with Crippen LogP contribution >= 0.6 is 23.2 Å². The number of nitrogens with zero attached hydrogens (tertiary/aromatic N) is 2. The van der Waals surface area contributed by atoms with E-state index >= 15 is 0 Å². The molecule has 6 heteroatoms. The molecule has 0 atom stereocenters. The van der Waals surface area contributed by atoms with Crippen LogP contribution in [0.5, 0.6) is 0 Å². The molecule has 1 aromatic rings. The monoisotopic (exact) mass is 354 g/mol. The first-order valence-corrected chi connectivity index (χ1v) is 8.42. The molecule has 0 bridgehead atoms. The quantitative estimate of drug-likeness (QED) is 0.907. The summed E-state index contributed by atoms with van der Waals surface area (Å²) in [6.45, 7) is 1.52. The SMILES string of the molecule is CN(C)Cc1cc(Cl)c(Cl)c2c1C1=C(CCN(C(=O)CO)C1)C2. The summed E-state index contributed by atoms with van der Waals surface area (Å²) in [5.74, 6) is -0.223. The van der Waals surface area contributed by atoms with Crippen molar-refractivity contribution in [1.29, 1.82) is 0 Å². The van der Waals surface area contributed by atoms with Crippen LogP contribution < -0.4 is 0 Å². The van der Waals surface area contributed by atoms with Gasteiger partial charge in [0.25, 0.3) is 0 Å². The zero-order valence-electron chi connectivity index (χ0n) is 13.3. The van der Waals surface area contributed by atoms with Crippen molar-refractivity contribution >= 4 is 34.7 Å². The Bertz CT molecular complexity index is 698. The third-order valence-electron chi connectivity index (χ3n) is 4.52. The summed E-state index contributed by atoms with van der Waals surface area (Å²) in [6, 6.07) is 1.94. The maximum atomic E-state index is 11.8. The molecule has 1 aliphatic carbocycles. The molecule has 0 aromatic heterocycles.